The third-order valence-corrected chi connectivity index (χ3v) is 4.54. The third kappa shape index (κ3) is 2.96. The largest absolute Gasteiger partial charge is 0.330 e. The maximum Gasteiger partial charge on any atom is 0.330 e. The average Bonchev–Trinajstić information content (AvgIpc) is 2.38. The van der Waals surface area contributed by atoms with Crippen molar-refractivity contribution >= 4 is 15.7 Å². The molecule has 0 unspecified atom stereocenters. The van der Waals surface area contributed by atoms with E-state index in [2.05, 4.69) is 4.72 Å². The number of hydrogen-bond acceptors (Lipinski definition) is 4. The van der Waals surface area contributed by atoms with Gasteiger partial charge in [0.15, 0.2) is 4.90 Å². The van der Waals surface area contributed by atoms with Crippen LogP contribution in [-0.2, 0) is 24.1 Å². The van der Waals surface area contributed by atoms with Crippen LogP contribution in [0, 0.1) is 13.8 Å². The van der Waals surface area contributed by atoms with E-state index in [1.54, 1.807) is 12.1 Å². The molecule has 0 fully saturated rings. The Morgan fingerprint density at radius 2 is 1.55 bits per heavy atom. The number of aromatic nitrogens is 2. The first-order chi connectivity index (χ1) is 10.1. The molecule has 1 heterocycles. The van der Waals surface area contributed by atoms with Crippen LogP contribution in [0.2, 0.25) is 0 Å². The van der Waals surface area contributed by atoms with Gasteiger partial charge >= 0.3 is 5.69 Å². The highest BCUT2D eigenvalue weighted by atomic mass is 32.2. The van der Waals surface area contributed by atoms with Crippen molar-refractivity contribution in [3.8, 4) is 0 Å². The molecule has 1 aromatic carbocycles. The minimum atomic E-state index is -4.08. The van der Waals surface area contributed by atoms with E-state index in [0.29, 0.717) is 5.69 Å². The summed E-state index contributed by atoms with van der Waals surface area (Å²) in [7, 11) is -1.46. The monoisotopic (exact) mass is 323 g/mol. The predicted octanol–water partition coefficient (Wildman–Crippen LogP) is 0.502. The molecule has 0 radical (unpaired) electrons. The van der Waals surface area contributed by atoms with E-state index in [1.807, 2.05) is 19.9 Å². The van der Waals surface area contributed by atoms with Crippen LogP contribution in [0.3, 0.4) is 0 Å². The SMILES string of the molecule is Cc1cc(C)cc(NS(=O)(=O)c2cn(C)c(=O)n(C)c2=O)c1. The molecule has 8 heteroatoms. The van der Waals surface area contributed by atoms with Gasteiger partial charge in [-0.3, -0.25) is 14.1 Å². The van der Waals surface area contributed by atoms with Gasteiger partial charge in [0.2, 0.25) is 0 Å². The lowest BCUT2D eigenvalue weighted by Gasteiger charge is -2.11. The van der Waals surface area contributed by atoms with Crippen LogP contribution in [0.25, 0.3) is 0 Å². The van der Waals surface area contributed by atoms with Gasteiger partial charge in [0.25, 0.3) is 15.6 Å². The molecular formula is C14H17N3O4S. The number of nitrogens with zero attached hydrogens (tertiary/aromatic N) is 2. The lowest BCUT2D eigenvalue weighted by Crippen LogP contribution is -2.40. The zero-order chi connectivity index (χ0) is 16.7. The summed E-state index contributed by atoms with van der Waals surface area (Å²) in [6, 6.07) is 5.23. The van der Waals surface area contributed by atoms with E-state index in [-0.39, 0.29) is 0 Å². The Hall–Kier alpha value is -2.35. The van der Waals surface area contributed by atoms with Gasteiger partial charge < -0.3 is 4.57 Å². The quantitative estimate of drug-likeness (QED) is 0.891. The highest BCUT2D eigenvalue weighted by Crippen LogP contribution is 2.17. The molecular weight excluding hydrogens is 306 g/mol. The van der Waals surface area contributed by atoms with E-state index in [1.165, 1.54) is 14.1 Å². The number of hydrogen-bond donors (Lipinski definition) is 1. The molecule has 22 heavy (non-hydrogen) atoms. The van der Waals surface area contributed by atoms with Crippen LogP contribution < -0.4 is 16.0 Å². The molecule has 0 saturated heterocycles. The molecule has 0 bridgehead atoms. The van der Waals surface area contributed by atoms with Crippen LogP contribution >= 0.6 is 0 Å². The van der Waals surface area contributed by atoms with Gasteiger partial charge in [0, 0.05) is 26.0 Å². The summed E-state index contributed by atoms with van der Waals surface area (Å²) in [4.78, 5) is 23.2. The number of benzene rings is 1. The maximum atomic E-state index is 12.4. The van der Waals surface area contributed by atoms with E-state index < -0.39 is 26.2 Å². The van der Waals surface area contributed by atoms with Crippen molar-refractivity contribution in [2.24, 2.45) is 14.1 Å². The zero-order valence-electron chi connectivity index (χ0n) is 12.7. The number of anilines is 1. The normalized spacial score (nSPS) is 11.5. The van der Waals surface area contributed by atoms with Crippen molar-refractivity contribution in [2.45, 2.75) is 18.7 Å². The van der Waals surface area contributed by atoms with Crippen LogP contribution in [0.4, 0.5) is 5.69 Å². The van der Waals surface area contributed by atoms with Crippen LogP contribution in [-0.4, -0.2) is 17.6 Å². The van der Waals surface area contributed by atoms with E-state index in [0.717, 1.165) is 26.5 Å². The third-order valence-electron chi connectivity index (χ3n) is 3.18. The Morgan fingerprint density at radius 1 is 1.00 bits per heavy atom. The second-order valence-corrected chi connectivity index (χ2v) is 6.88. The molecule has 0 atom stereocenters. The highest BCUT2D eigenvalue weighted by Gasteiger charge is 2.21. The Labute approximate surface area is 127 Å². The summed E-state index contributed by atoms with van der Waals surface area (Å²) in [6.45, 7) is 3.69. The smallest absolute Gasteiger partial charge is 0.302 e. The van der Waals surface area contributed by atoms with Crippen LogP contribution in [0.5, 0.6) is 0 Å². The van der Waals surface area contributed by atoms with Crippen LogP contribution in [0.1, 0.15) is 11.1 Å². The van der Waals surface area contributed by atoms with E-state index >= 15 is 0 Å². The van der Waals surface area contributed by atoms with Gasteiger partial charge in [-0.1, -0.05) is 6.07 Å². The minimum absolute atomic E-state index is 0.369. The van der Waals surface area contributed by atoms with Gasteiger partial charge in [-0.05, 0) is 37.1 Å². The van der Waals surface area contributed by atoms with Crippen molar-refractivity contribution in [3.05, 3.63) is 56.4 Å². The van der Waals surface area contributed by atoms with Crippen molar-refractivity contribution < 1.29 is 8.42 Å². The first-order valence-corrected chi connectivity index (χ1v) is 7.98. The molecule has 0 aliphatic rings. The molecule has 1 aromatic heterocycles. The number of nitrogens with one attached hydrogen (secondary N) is 1. The Morgan fingerprint density at radius 3 is 2.09 bits per heavy atom. The average molecular weight is 323 g/mol. The zero-order valence-corrected chi connectivity index (χ0v) is 13.6. The van der Waals surface area contributed by atoms with Crippen LogP contribution in [0.15, 0.2) is 38.9 Å². The van der Waals surface area contributed by atoms with E-state index in [9.17, 15) is 18.0 Å². The van der Waals surface area contributed by atoms with Crippen molar-refractivity contribution in [1.82, 2.24) is 9.13 Å². The fourth-order valence-corrected chi connectivity index (χ4v) is 3.40. The fourth-order valence-electron chi connectivity index (χ4n) is 2.20. The summed E-state index contributed by atoms with van der Waals surface area (Å²) >= 11 is 0. The lowest BCUT2D eigenvalue weighted by molar-refractivity contribution is 0.589. The Bertz CT molecular complexity index is 935. The molecule has 118 valence electrons. The second-order valence-electron chi connectivity index (χ2n) is 5.23. The van der Waals surface area contributed by atoms with Gasteiger partial charge in [-0.25, -0.2) is 13.2 Å². The molecule has 0 spiro atoms. The number of aryl methyl sites for hydroxylation is 3. The highest BCUT2D eigenvalue weighted by molar-refractivity contribution is 7.92. The first kappa shape index (κ1) is 16.0. The summed E-state index contributed by atoms with van der Waals surface area (Å²) in [5.41, 5.74) is 0.709. The van der Waals surface area contributed by atoms with E-state index in [4.69, 9.17) is 0 Å². The molecule has 7 nitrogen and oxygen atoms in total. The van der Waals surface area contributed by atoms with Gasteiger partial charge in [-0.2, -0.15) is 0 Å². The standard InChI is InChI=1S/C14H17N3O4S/c1-9-5-10(2)7-11(6-9)15-22(20,21)12-8-16(3)14(19)17(4)13(12)18/h5-8,15H,1-4H3. The molecule has 2 rings (SSSR count). The molecule has 1 N–H and O–H groups in total. The summed E-state index contributed by atoms with van der Waals surface area (Å²) in [5.74, 6) is 0. The fraction of sp³-hybridized carbons (Fsp3) is 0.286. The Kier molecular flexibility index (Phi) is 3.97. The molecule has 0 aliphatic heterocycles. The van der Waals surface area contributed by atoms with Crippen molar-refractivity contribution in [3.63, 3.8) is 0 Å². The first-order valence-electron chi connectivity index (χ1n) is 6.49. The number of sulfonamides is 1. The van der Waals surface area contributed by atoms with Gasteiger partial charge in [-0.15, -0.1) is 0 Å². The Balaban J connectivity index is 2.57. The minimum Gasteiger partial charge on any atom is -0.302 e. The predicted molar refractivity (Wildman–Crippen MR) is 83.6 cm³/mol. The number of rotatable bonds is 3. The molecule has 0 aliphatic carbocycles. The summed E-state index contributed by atoms with van der Waals surface area (Å²) in [5, 5.41) is 0. The molecule has 2 aromatic rings. The van der Waals surface area contributed by atoms with Gasteiger partial charge in [0.05, 0.1) is 0 Å². The van der Waals surface area contributed by atoms with Gasteiger partial charge in [0.1, 0.15) is 0 Å². The molecule has 0 amide bonds. The van der Waals surface area contributed by atoms with Crippen molar-refractivity contribution in [2.75, 3.05) is 4.72 Å². The lowest BCUT2D eigenvalue weighted by atomic mass is 10.1. The summed E-state index contributed by atoms with van der Waals surface area (Å²) in [6.07, 6.45) is 1.02. The summed E-state index contributed by atoms with van der Waals surface area (Å²) < 4.78 is 29.0. The molecule has 0 saturated carbocycles. The second kappa shape index (κ2) is 5.45. The van der Waals surface area contributed by atoms with Crippen molar-refractivity contribution in [1.29, 1.82) is 0 Å². The maximum absolute atomic E-state index is 12.4. The topological polar surface area (TPSA) is 90.2 Å².